The van der Waals surface area contributed by atoms with Gasteiger partial charge in [0, 0.05) is 36.0 Å². The van der Waals surface area contributed by atoms with E-state index in [1.165, 1.54) is 5.56 Å². The van der Waals surface area contributed by atoms with Crippen LogP contribution in [-0.2, 0) is 10.2 Å². The van der Waals surface area contributed by atoms with E-state index < -0.39 is 0 Å². The number of methoxy groups -OCH3 is 1. The molecule has 1 aliphatic carbocycles. The normalized spacial score (nSPS) is 18.0. The summed E-state index contributed by atoms with van der Waals surface area (Å²) in [5.41, 5.74) is 1.88. The van der Waals surface area contributed by atoms with Crippen LogP contribution in [0.25, 0.3) is 0 Å². The molecule has 5 nitrogen and oxygen atoms in total. The first-order chi connectivity index (χ1) is 14.5. The third-order valence-electron chi connectivity index (χ3n) is 6.39. The predicted octanol–water partition coefficient (Wildman–Crippen LogP) is 4.05. The van der Waals surface area contributed by atoms with Crippen molar-refractivity contribution < 1.29 is 14.3 Å². The molecule has 2 aromatic carbocycles. The van der Waals surface area contributed by atoms with E-state index >= 15 is 0 Å². The molecule has 0 radical (unpaired) electrons. The molecular formula is C24H27ClN2O3. The Morgan fingerprint density at radius 3 is 2.47 bits per heavy atom. The van der Waals surface area contributed by atoms with Crippen molar-refractivity contribution in [2.24, 2.45) is 5.92 Å². The van der Waals surface area contributed by atoms with Gasteiger partial charge in [-0.15, -0.1) is 0 Å². The number of hydrogen-bond donors (Lipinski definition) is 1. The first kappa shape index (κ1) is 20.7. The smallest absolute Gasteiger partial charge is 0.257 e. The number of carbonyl (C=O) groups is 2. The Balaban J connectivity index is 1.31. The maximum Gasteiger partial charge on any atom is 0.257 e. The number of nitrogens with one attached hydrogen (secondary N) is 1. The molecule has 2 fully saturated rings. The summed E-state index contributed by atoms with van der Waals surface area (Å²) in [4.78, 5) is 27.4. The first-order valence-electron chi connectivity index (χ1n) is 10.5. The van der Waals surface area contributed by atoms with Crippen molar-refractivity contribution in [3.8, 4) is 5.75 Å². The van der Waals surface area contributed by atoms with Crippen molar-refractivity contribution in [1.29, 1.82) is 0 Å². The van der Waals surface area contributed by atoms with Crippen LogP contribution < -0.4 is 10.1 Å². The molecule has 2 amide bonds. The summed E-state index contributed by atoms with van der Waals surface area (Å²) in [6.07, 6.45) is 3.56. The summed E-state index contributed by atoms with van der Waals surface area (Å²) in [7, 11) is 1.54. The van der Waals surface area contributed by atoms with Gasteiger partial charge >= 0.3 is 0 Å². The lowest BCUT2D eigenvalue weighted by atomic mass is 9.93. The summed E-state index contributed by atoms with van der Waals surface area (Å²) in [6.45, 7) is 1.79. The maximum absolute atomic E-state index is 12.9. The molecule has 1 heterocycles. The van der Waals surface area contributed by atoms with E-state index in [1.54, 1.807) is 30.2 Å². The molecule has 0 aromatic heterocycles. The lowest BCUT2D eigenvalue weighted by Crippen LogP contribution is -2.44. The second-order valence-corrected chi connectivity index (χ2v) is 8.71. The van der Waals surface area contributed by atoms with Crippen LogP contribution >= 0.6 is 11.6 Å². The Morgan fingerprint density at radius 1 is 1.13 bits per heavy atom. The molecule has 1 saturated carbocycles. The van der Waals surface area contributed by atoms with Crippen LogP contribution in [0, 0.1) is 5.92 Å². The van der Waals surface area contributed by atoms with E-state index in [4.69, 9.17) is 16.3 Å². The molecule has 1 saturated heterocycles. The molecule has 4 rings (SSSR count). The average Bonchev–Trinajstić information content (AvgIpc) is 3.59. The van der Waals surface area contributed by atoms with Gasteiger partial charge in [0.2, 0.25) is 5.91 Å². The Labute approximate surface area is 182 Å². The lowest BCUT2D eigenvalue weighted by Gasteiger charge is -2.32. The number of piperidine rings is 1. The number of ether oxygens (including phenoxy) is 1. The van der Waals surface area contributed by atoms with E-state index in [1.807, 2.05) is 6.07 Å². The first-order valence-corrected chi connectivity index (χ1v) is 10.9. The summed E-state index contributed by atoms with van der Waals surface area (Å²) in [5, 5.41) is 3.68. The molecule has 6 heteroatoms. The fourth-order valence-electron chi connectivity index (χ4n) is 4.27. The minimum Gasteiger partial charge on any atom is -0.496 e. The fourth-order valence-corrected chi connectivity index (χ4v) is 4.45. The van der Waals surface area contributed by atoms with Gasteiger partial charge in [-0.05, 0) is 49.4 Å². The number of rotatable bonds is 6. The molecule has 1 N–H and O–H groups in total. The van der Waals surface area contributed by atoms with Crippen LogP contribution in [0.15, 0.2) is 48.5 Å². The molecule has 0 spiro atoms. The zero-order valence-corrected chi connectivity index (χ0v) is 18.0. The standard InChI is InChI=1S/C24H27ClN2O3/c1-30-21-8-7-19(25)15-20(21)23(29)27-13-9-17(10-14-27)22(28)26-16-24(11-12-24)18-5-3-2-4-6-18/h2-8,15,17H,9-14,16H2,1H3,(H,26,28). The molecule has 0 unspecified atom stereocenters. The monoisotopic (exact) mass is 426 g/mol. The van der Waals surface area contributed by atoms with Gasteiger partial charge in [-0.3, -0.25) is 9.59 Å². The summed E-state index contributed by atoms with van der Waals surface area (Å²) < 4.78 is 5.31. The molecule has 30 heavy (non-hydrogen) atoms. The zero-order chi connectivity index (χ0) is 21.1. The quantitative estimate of drug-likeness (QED) is 0.758. The molecule has 0 atom stereocenters. The van der Waals surface area contributed by atoms with Gasteiger partial charge in [-0.1, -0.05) is 41.9 Å². The number of nitrogens with zero attached hydrogens (tertiary/aromatic N) is 1. The van der Waals surface area contributed by atoms with E-state index in [9.17, 15) is 9.59 Å². The van der Waals surface area contributed by atoms with Gasteiger partial charge in [-0.25, -0.2) is 0 Å². The lowest BCUT2D eigenvalue weighted by molar-refractivity contribution is -0.126. The van der Waals surface area contributed by atoms with Crippen molar-refractivity contribution in [3.63, 3.8) is 0 Å². The summed E-state index contributed by atoms with van der Waals surface area (Å²) >= 11 is 6.06. The largest absolute Gasteiger partial charge is 0.496 e. The minimum atomic E-state index is -0.103. The summed E-state index contributed by atoms with van der Waals surface area (Å²) in [5.74, 6) is 0.459. The van der Waals surface area contributed by atoms with Gasteiger partial charge in [-0.2, -0.15) is 0 Å². The van der Waals surface area contributed by atoms with E-state index in [0.29, 0.717) is 48.8 Å². The van der Waals surface area contributed by atoms with Crippen LogP contribution in [-0.4, -0.2) is 43.5 Å². The van der Waals surface area contributed by atoms with Crippen molar-refractivity contribution in [1.82, 2.24) is 10.2 Å². The van der Waals surface area contributed by atoms with E-state index in [2.05, 4.69) is 29.6 Å². The molecule has 2 aliphatic rings. The van der Waals surface area contributed by atoms with Crippen molar-refractivity contribution >= 4 is 23.4 Å². The van der Waals surface area contributed by atoms with Crippen molar-refractivity contribution in [3.05, 3.63) is 64.7 Å². The van der Waals surface area contributed by atoms with Crippen molar-refractivity contribution in [2.45, 2.75) is 31.1 Å². The highest BCUT2D eigenvalue weighted by atomic mass is 35.5. The highest BCUT2D eigenvalue weighted by Crippen LogP contribution is 2.47. The fraction of sp³-hybridized carbons (Fsp3) is 0.417. The van der Waals surface area contributed by atoms with Gasteiger partial charge < -0.3 is 15.0 Å². The Kier molecular flexibility index (Phi) is 6.00. The van der Waals surface area contributed by atoms with Crippen LogP contribution in [0.5, 0.6) is 5.75 Å². The highest BCUT2D eigenvalue weighted by Gasteiger charge is 2.44. The van der Waals surface area contributed by atoms with Crippen LogP contribution in [0.2, 0.25) is 5.02 Å². The number of benzene rings is 2. The van der Waals surface area contributed by atoms with Gasteiger partial charge in [0.05, 0.1) is 12.7 Å². The number of carbonyl (C=O) groups excluding carboxylic acids is 2. The Hall–Kier alpha value is -2.53. The van der Waals surface area contributed by atoms with Gasteiger partial charge in [0.1, 0.15) is 5.75 Å². The topological polar surface area (TPSA) is 58.6 Å². The predicted molar refractivity (Wildman–Crippen MR) is 117 cm³/mol. The molecule has 2 aromatic rings. The molecular weight excluding hydrogens is 400 g/mol. The second kappa shape index (κ2) is 8.68. The van der Waals surface area contributed by atoms with E-state index in [0.717, 1.165) is 12.8 Å². The van der Waals surface area contributed by atoms with Crippen molar-refractivity contribution in [2.75, 3.05) is 26.7 Å². The highest BCUT2D eigenvalue weighted by molar-refractivity contribution is 6.31. The van der Waals surface area contributed by atoms with Crippen LogP contribution in [0.3, 0.4) is 0 Å². The van der Waals surface area contributed by atoms with Crippen LogP contribution in [0.4, 0.5) is 0 Å². The minimum absolute atomic E-state index is 0.0538. The number of hydrogen-bond acceptors (Lipinski definition) is 3. The second-order valence-electron chi connectivity index (χ2n) is 8.28. The number of likely N-dealkylation sites (tertiary alicyclic amines) is 1. The average molecular weight is 427 g/mol. The van der Waals surface area contributed by atoms with Gasteiger partial charge in [0.25, 0.3) is 5.91 Å². The molecule has 1 aliphatic heterocycles. The Morgan fingerprint density at radius 2 is 1.83 bits per heavy atom. The Bertz CT molecular complexity index is 919. The zero-order valence-electron chi connectivity index (χ0n) is 17.2. The third kappa shape index (κ3) is 4.31. The third-order valence-corrected chi connectivity index (χ3v) is 6.62. The maximum atomic E-state index is 12.9. The molecule has 158 valence electrons. The number of halogens is 1. The molecule has 0 bridgehead atoms. The number of amides is 2. The van der Waals surface area contributed by atoms with Gasteiger partial charge in [0.15, 0.2) is 0 Å². The van der Waals surface area contributed by atoms with E-state index in [-0.39, 0.29) is 23.1 Å². The van der Waals surface area contributed by atoms with Crippen LogP contribution in [0.1, 0.15) is 41.6 Å². The summed E-state index contributed by atoms with van der Waals surface area (Å²) in [6, 6.07) is 15.5. The SMILES string of the molecule is COc1ccc(Cl)cc1C(=O)N1CCC(C(=O)NCC2(c3ccccc3)CC2)CC1.